The summed E-state index contributed by atoms with van der Waals surface area (Å²) in [6.07, 6.45) is 0.933. The van der Waals surface area contributed by atoms with Gasteiger partial charge in [-0.05, 0) is 43.4 Å². The first-order chi connectivity index (χ1) is 12.1. The second-order valence-electron chi connectivity index (χ2n) is 6.60. The quantitative estimate of drug-likeness (QED) is 0.619. The number of nitrogens with zero attached hydrogens (tertiary/aromatic N) is 1. The molecule has 0 bridgehead atoms. The van der Waals surface area contributed by atoms with Crippen molar-refractivity contribution >= 4 is 11.6 Å². The van der Waals surface area contributed by atoms with E-state index in [1.54, 1.807) is 0 Å². The van der Waals surface area contributed by atoms with Crippen LogP contribution >= 0.6 is 11.6 Å². The molecule has 3 aromatic carbocycles. The first-order valence-corrected chi connectivity index (χ1v) is 8.81. The van der Waals surface area contributed by atoms with Crippen LogP contribution in [-0.2, 0) is 6.42 Å². The van der Waals surface area contributed by atoms with Crippen LogP contribution in [0.1, 0.15) is 5.56 Å². The molecule has 2 nitrogen and oxygen atoms in total. The van der Waals surface area contributed by atoms with Gasteiger partial charge in [-0.1, -0.05) is 60.1 Å². The maximum Gasteiger partial charge on any atom is 0.156 e. The van der Waals surface area contributed by atoms with Crippen molar-refractivity contribution in [3.05, 3.63) is 77.3 Å². The van der Waals surface area contributed by atoms with E-state index in [1.165, 1.54) is 16.7 Å². The Kier molecular flexibility index (Phi) is 4.24. The van der Waals surface area contributed by atoms with Gasteiger partial charge in [0.05, 0.1) is 0 Å². The molecule has 1 unspecified atom stereocenters. The van der Waals surface area contributed by atoms with Crippen LogP contribution < -0.4 is 4.74 Å². The van der Waals surface area contributed by atoms with Crippen molar-refractivity contribution in [1.82, 2.24) is 4.90 Å². The van der Waals surface area contributed by atoms with Gasteiger partial charge >= 0.3 is 0 Å². The summed E-state index contributed by atoms with van der Waals surface area (Å²) >= 11 is 6.49. The van der Waals surface area contributed by atoms with E-state index in [9.17, 15) is 0 Å². The fourth-order valence-corrected chi connectivity index (χ4v) is 3.55. The van der Waals surface area contributed by atoms with Crippen molar-refractivity contribution in [3.63, 3.8) is 0 Å². The lowest BCUT2D eigenvalue weighted by Crippen LogP contribution is -2.31. The molecule has 0 aliphatic carbocycles. The van der Waals surface area contributed by atoms with Crippen molar-refractivity contribution < 1.29 is 4.74 Å². The smallest absolute Gasteiger partial charge is 0.156 e. The fourth-order valence-electron chi connectivity index (χ4n) is 3.31. The van der Waals surface area contributed by atoms with Gasteiger partial charge in [0.15, 0.2) is 6.23 Å². The van der Waals surface area contributed by atoms with Crippen LogP contribution in [-0.4, -0.2) is 25.2 Å². The Hall–Kier alpha value is -2.29. The summed E-state index contributed by atoms with van der Waals surface area (Å²) in [5.74, 6) is 0.950. The van der Waals surface area contributed by atoms with Crippen molar-refractivity contribution in [2.24, 2.45) is 0 Å². The van der Waals surface area contributed by atoms with E-state index in [0.717, 1.165) is 28.3 Å². The molecule has 1 atom stereocenters. The molecule has 3 heteroatoms. The van der Waals surface area contributed by atoms with Crippen LogP contribution in [0.25, 0.3) is 22.3 Å². The van der Waals surface area contributed by atoms with E-state index in [0.29, 0.717) is 0 Å². The van der Waals surface area contributed by atoms with Gasteiger partial charge in [0, 0.05) is 28.1 Å². The Morgan fingerprint density at radius 3 is 2.32 bits per heavy atom. The summed E-state index contributed by atoms with van der Waals surface area (Å²) < 4.78 is 6.27. The SMILES string of the molecule is CN(C)C1Cc2cc(-c3ccccc3)cc(-c3ccccc3Cl)c2O1. The molecule has 1 heterocycles. The van der Waals surface area contributed by atoms with Crippen LogP contribution in [0, 0.1) is 0 Å². The van der Waals surface area contributed by atoms with E-state index in [4.69, 9.17) is 16.3 Å². The van der Waals surface area contributed by atoms with Gasteiger partial charge in [-0.25, -0.2) is 0 Å². The second-order valence-corrected chi connectivity index (χ2v) is 7.01. The predicted octanol–water partition coefficient (Wildman–Crippen LogP) is 5.50. The van der Waals surface area contributed by atoms with Crippen LogP contribution in [0.4, 0.5) is 0 Å². The van der Waals surface area contributed by atoms with Crippen LogP contribution in [0.5, 0.6) is 5.75 Å². The first-order valence-electron chi connectivity index (χ1n) is 8.44. The number of benzene rings is 3. The van der Waals surface area contributed by atoms with Crippen LogP contribution in [0.3, 0.4) is 0 Å². The summed E-state index contributed by atoms with van der Waals surface area (Å²) in [6, 6.07) is 22.8. The monoisotopic (exact) mass is 349 g/mol. The number of halogens is 1. The van der Waals surface area contributed by atoms with Crippen LogP contribution in [0.15, 0.2) is 66.7 Å². The highest BCUT2D eigenvalue weighted by Gasteiger charge is 2.28. The molecule has 0 aromatic heterocycles. The summed E-state index contributed by atoms with van der Waals surface area (Å²) in [7, 11) is 4.09. The molecule has 1 aliphatic heterocycles. The second kappa shape index (κ2) is 6.55. The van der Waals surface area contributed by atoms with Crippen molar-refractivity contribution in [1.29, 1.82) is 0 Å². The lowest BCUT2D eigenvalue weighted by molar-refractivity contribution is 0.0866. The molecular weight excluding hydrogens is 330 g/mol. The summed E-state index contributed by atoms with van der Waals surface area (Å²) in [6.45, 7) is 0. The number of hydrogen-bond donors (Lipinski definition) is 0. The van der Waals surface area contributed by atoms with Gasteiger partial charge < -0.3 is 4.74 Å². The van der Waals surface area contributed by atoms with E-state index in [1.807, 2.05) is 38.4 Å². The summed E-state index contributed by atoms with van der Waals surface area (Å²) in [5.41, 5.74) is 5.70. The highest BCUT2D eigenvalue weighted by molar-refractivity contribution is 6.33. The molecule has 4 rings (SSSR count). The minimum Gasteiger partial charge on any atom is -0.474 e. The van der Waals surface area contributed by atoms with Gasteiger partial charge in [0.1, 0.15) is 5.75 Å². The Labute approximate surface area is 153 Å². The van der Waals surface area contributed by atoms with E-state index >= 15 is 0 Å². The third-order valence-corrected chi connectivity index (χ3v) is 4.99. The fraction of sp³-hybridized carbons (Fsp3) is 0.182. The zero-order valence-corrected chi connectivity index (χ0v) is 15.1. The molecule has 3 aromatic rings. The lowest BCUT2D eigenvalue weighted by atomic mass is 9.94. The number of likely N-dealkylation sites (N-methyl/N-ethyl adjacent to an activating group) is 1. The number of ether oxygens (including phenoxy) is 1. The molecule has 0 fully saturated rings. The summed E-state index contributed by atoms with van der Waals surface area (Å²) in [5, 5.41) is 0.742. The molecule has 0 amide bonds. The van der Waals surface area contributed by atoms with E-state index < -0.39 is 0 Å². The zero-order chi connectivity index (χ0) is 17.4. The Morgan fingerprint density at radius 2 is 1.60 bits per heavy atom. The average Bonchev–Trinajstić information content (AvgIpc) is 3.07. The zero-order valence-electron chi connectivity index (χ0n) is 14.4. The normalized spacial score (nSPS) is 15.9. The molecule has 0 saturated carbocycles. The number of hydrogen-bond acceptors (Lipinski definition) is 2. The molecule has 0 radical (unpaired) electrons. The number of fused-ring (bicyclic) bond motifs is 1. The van der Waals surface area contributed by atoms with Gasteiger partial charge in [0.2, 0.25) is 0 Å². The highest BCUT2D eigenvalue weighted by Crippen LogP contribution is 2.44. The molecule has 0 N–H and O–H groups in total. The van der Waals surface area contributed by atoms with Crippen LogP contribution in [0.2, 0.25) is 5.02 Å². The molecule has 0 spiro atoms. The van der Waals surface area contributed by atoms with Gasteiger partial charge in [-0.3, -0.25) is 4.90 Å². The highest BCUT2D eigenvalue weighted by atomic mass is 35.5. The molecule has 126 valence electrons. The molecule has 0 saturated heterocycles. The maximum absolute atomic E-state index is 6.49. The molecular formula is C22H20ClNO. The third-order valence-electron chi connectivity index (χ3n) is 4.66. The van der Waals surface area contributed by atoms with Crippen molar-refractivity contribution in [2.75, 3.05) is 14.1 Å². The predicted molar refractivity (Wildman–Crippen MR) is 104 cm³/mol. The maximum atomic E-state index is 6.49. The van der Waals surface area contributed by atoms with Gasteiger partial charge in [-0.15, -0.1) is 0 Å². The number of rotatable bonds is 3. The minimum atomic E-state index is 0.0576. The van der Waals surface area contributed by atoms with E-state index in [2.05, 4.69) is 47.4 Å². The van der Waals surface area contributed by atoms with E-state index in [-0.39, 0.29) is 6.23 Å². The standard InChI is InChI=1S/C22H20ClNO/c1-24(2)21-14-17-12-16(15-8-4-3-5-9-15)13-19(22(17)25-21)18-10-6-7-11-20(18)23/h3-13,21H,14H2,1-2H3. The Balaban J connectivity index is 1.91. The molecule has 1 aliphatic rings. The third kappa shape index (κ3) is 3.04. The minimum absolute atomic E-state index is 0.0576. The molecule has 25 heavy (non-hydrogen) atoms. The summed E-state index contributed by atoms with van der Waals surface area (Å²) in [4.78, 5) is 2.11. The Morgan fingerprint density at radius 1 is 0.880 bits per heavy atom. The topological polar surface area (TPSA) is 12.5 Å². The van der Waals surface area contributed by atoms with Gasteiger partial charge in [-0.2, -0.15) is 0 Å². The Bertz CT molecular complexity index is 905. The lowest BCUT2D eigenvalue weighted by Gasteiger charge is -2.19. The van der Waals surface area contributed by atoms with Gasteiger partial charge in [0.25, 0.3) is 0 Å². The van der Waals surface area contributed by atoms with Crippen molar-refractivity contribution in [3.8, 4) is 28.0 Å². The van der Waals surface area contributed by atoms with Crippen molar-refractivity contribution in [2.45, 2.75) is 12.6 Å². The largest absolute Gasteiger partial charge is 0.474 e. The average molecular weight is 350 g/mol. The first kappa shape index (κ1) is 16.2.